The molecule has 0 radical (unpaired) electrons. The number of benzene rings is 1. The van der Waals surface area contributed by atoms with E-state index in [-0.39, 0.29) is 5.91 Å². The summed E-state index contributed by atoms with van der Waals surface area (Å²) in [6.45, 7) is 3.14. The van der Waals surface area contributed by atoms with Gasteiger partial charge in [-0.15, -0.1) is 0 Å². The van der Waals surface area contributed by atoms with Crippen molar-refractivity contribution in [2.75, 3.05) is 26.9 Å². The van der Waals surface area contributed by atoms with Gasteiger partial charge in [-0.2, -0.15) is 0 Å². The Kier molecular flexibility index (Phi) is 5.82. The minimum absolute atomic E-state index is 0.0210. The van der Waals surface area contributed by atoms with E-state index in [0.29, 0.717) is 26.2 Å². The highest BCUT2D eigenvalue weighted by molar-refractivity contribution is 9.10. The van der Waals surface area contributed by atoms with Gasteiger partial charge in [0, 0.05) is 48.8 Å². The Bertz CT molecular complexity index is 480. The number of carbonyl (C=O) groups excluding carboxylic acids is 1. The molecule has 110 valence electrons. The van der Waals surface area contributed by atoms with Gasteiger partial charge in [0.2, 0.25) is 5.91 Å². The quantitative estimate of drug-likeness (QED) is 0.852. The molecule has 0 bridgehead atoms. The zero-order valence-electron chi connectivity index (χ0n) is 11.5. The van der Waals surface area contributed by atoms with Crippen molar-refractivity contribution < 1.29 is 14.3 Å². The Balaban J connectivity index is 2.07. The van der Waals surface area contributed by atoms with Crippen LogP contribution in [-0.4, -0.2) is 32.8 Å². The molecule has 0 saturated heterocycles. The number of ether oxygens (including phenoxy) is 2. The number of carbonyl (C=O) groups is 1. The molecule has 1 aromatic carbocycles. The zero-order valence-corrected chi connectivity index (χ0v) is 13.1. The highest BCUT2D eigenvalue weighted by Crippen LogP contribution is 2.29. The Hall–Kier alpha value is -1.11. The van der Waals surface area contributed by atoms with Gasteiger partial charge in [-0.05, 0) is 12.1 Å². The lowest BCUT2D eigenvalue weighted by atomic mass is 10.1. The fraction of sp³-hybridized carbons (Fsp3) is 0.500. The lowest BCUT2D eigenvalue weighted by molar-refractivity contribution is -0.122. The van der Waals surface area contributed by atoms with Crippen molar-refractivity contribution in [3.8, 4) is 5.75 Å². The van der Waals surface area contributed by atoms with Crippen LogP contribution in [0.1, 0.15) is 17.5 Å². The Morgan fingerprint density at radius 1 is 1.55 bits per heavy atom. The minimum Gasteiger partial charge on any atom is -0.492 e. The maximum absolute atomic E-state index is 11.6. The molecule has 0 fully saturated rings. The number of hydrogen-bond acceptors (Lipinski definition) is 4. The molecule has 20 heavy (non-hydrogen) atoms. The van der Waals surface area contributed by atoms with Gasteiger partial charge in [0.15, 0.2) is 0 Å². The molecule has 1 aliphatic rings. The Morgan fingerprint density at radius 3 is 3.20 bits per heavy atom. The molecule has 5 nitrogen and oxygen atoms in total. The van der Waals surface area contributed by atoms with E-state index in [9.17, 15) is 4.79 Å². The highest BCUT2D eigenvalue weighted by Gasteiger charge is 2.15. The maximum atomic E-state index is 11.6. The van der Waals surface area contributed by atoms with Crippen LogP contribution in [0.2, 0.25) is 0 Å². The summed E-state index contributed by atoms with van der Waals surface area (Å²) in [4.78, 5) is 11.6. The second kappa shape index (κ2) is 7.61. The van der Waals surface area contributed by atoms with Crippen molar-refractivity contribution >= 4 is 21.8 Å². The first-order valence-corrected chi connectivity index (χ1v) is 7.40. The van der Waals surface area contributed by atoms with Crippen LogP contribution in [0.25, 0.3) is 0 Å². The first-order chi connectivity index (χ1) is 9.70. The van der Waals surface area contributed by atoms with Crippen LogP contribution in [-0.2, 0) is 22.6 Å². The third-order valence-electron chi connectivity index (χ3n) is 3.06. The summed E-state index contributed by atoms with van der Waals surface area (Å²) in [6, 6.07) is 4.03. The second-order valence-electron chi connectivity index (χ2n) is 4.60. The van der Waals surface area contributed by atoms with Gasteiger partial charge < -0.3 is 20.1 Å². The largest absolute Gasteiger partial charge is 0.492 e. The Morgan fingerprint density at radius 2 is 2.40 bits per heavy atom. The molecule has 2 rings (SSSR count). The van der Waals surface area contributed by atoms with E-state index in [1.165, 1.54) is 0 Å². The molecule has 0 spiro atoms. The van der Waals surface area contributed by atoms with Gasteiger partial charge in [-0.1, -0.05) is 15.9 Å². The first-order valence-electron chi connectivity index (χ1n) is 6.61. The molecule has 0 atom stereocenters. The smallest absolute Gasteiger partial charge is 0.222 e. The van der Waals surface area contributed by atoms with Crippen LogP contribution < -0.4 is 15.4 Å². The number of rotatable bonds is 5. The van der Waals surface area contributed by atoms with Gasteiger partial charge in [0.1, 0.15) is 12.4 Å². The third-order valence-corrected chi connectivity index (χ3v) is 3.52. The molecule has 0 unspecified atom stereocenters. The summed E-state index contributed by atoms with van der Waals surface area (Å²) in [7, 11) is 1.59. The van der Waals surface area contributed by atoms with Crippen molar-refractivity contribution in [2.45, 2.75) is 19.5 Å². The van der Waals surface area contributed by atoms with Gasteiger partial charge in [0.25, 0.3) is 0 Å². The topological polar surface area (TPSA) is 59.6 Å². The van der Waals surface area contributed by atoms with Crippen molar-refractivity contribution in [3.63, 3.8) is 0 Å². The number of methoxy groups -OCH3 is 1. The van der Waals surface area contributed by atoms with Crippen LogP contribution in [0.4, 0.5) is 0 Å². The molecular formula is C14H19BrN2O3. The van der Waals surface area contributed by atoms with Gasteiger partial charge in [-0.3, -0.25) is 4.79 Å². The van der Waals surface area contributed by atoms with Crippen molar-refractivity contribution in [1.29, 1.82) is 0 Å². The fourth-order valence-corrected chi connectivity index (χ4v) is 2.64. The van der Waals surface area contributed by atoms with E-state index in [2.05, 4.69) is 26.6 Å². The average molecular weight is 343 g/mol. The minimum atomic E-state index is -0.0210. The number of nitrogens with one attached hydrogen (secondary N) is 2. The summed E-state index contributed by atoms with van der Waals surface area (Å²) in [5.41, 5.74) is 2.10. The third kappa shape index (κ3) is 4.19. The van der Waals surface area contributed by atoms with Gasteiger partial charge in [-0.25, -0.2) is 0 Å². The number of hydrogen-bond donors (Lipinski definition) is 2. The molecule has 0 aromatic heterocycles. The molecule has 6 heteroatoms. The monoisotopic (exact) mass is 342 g/mol. The SMILES string of the molecule is COCCC(=O)NCc1cc(Br)cc2c1OCCNC2. The van der Waals surface area contributed by atoms with Crippen LogP contribution in [0.3, 0.4) is 0 Å². The van der Waals surface area contributed by atoms with Crippen LogP contribution in [0, 0.1) is 0 Å². The van der Waals surface area contributed by atoms with E-state index in [1.54, 1.807) is 7.11 Å². The molecule has 1 amide bonds. The van der Waals surface area contributed by atoms with E-state index < -0.39 is 0 Å². The number of amides is 1. The summed E-state index contributed by atoms with van der Waals surface area (Å²) in [5.74, 6) is 0.859. The number of halogens is 1. The van der Waals surface area contributed by atoms with E-state index in [0.717, 1.165) is 34.4 Å². The van der Waals surface area contributed by atoms with Gasteiger partial charge >= 0.3 is 0 Å². The molecule has 1 heterocycles. The van der Waals surface area contributed by atoms with Crippen molar-refractivity contribution in [3.05, 3.63) is 27.7 Å². The van der Waals surface area contributed by atoms with E-state index >= 15 is 0 Å². The van der Waals surface area contributed by atoms with Gasteiger partial charge in [0.05, 0.1) is 6.61 Å². The standard InChI is InChI=1S/C14H19BrN2O3/c1-19-4-2-13(18)17-9-11-7-12(15)6-10-8-16-3-5-20-14(10)11/h6-7,16H,2-5,8-9H2,1H3,(H,17,18). The normalized spacial score (nSPS) is 14.1. The van der Waals surface area contributed by atoms with Crippen molar-refractivity contribution in [1.82, 2.24) is 10.6 Å². The number of fused-ring (bicyclic) bond motifs is 1. The Labute approximate surface area is 127 Å². The molecule has 1 aromatic rings. The average Bonchev–Trinajstić information content (AvgIpc) is 2.67. The molecule has 0 saturated carbocycles. The lowest BCUT2D eigenvalue weighted by Gasteiger charge is -2.14. The molecule has 2 N–H and O–H groups in total. The van der Waals surface area contributed by atoms with E-state index in [4.69, 9.17) is 9.47 Å². The first kappa shape index (κ1) is 15.3. The van der Waals surface area contributed by atoms with Crippen molar-refractivity contribution in [2.24, 2.45) is 0 Å². The van der Waals surface area contributed by atoms with Crippen LogP contribution in [0.15, 0.2) is 16.6 Å². The molecule has 1 aliphatic heterocycles. The van der Waals surface area contributed by atoms with Crippen LogP contribution >= 0.6 is 15.9 Å². The zero-order chi connectivity index (χ0) is 14.4. The van der Waals surface area contributed by atoms with Crippen LogP contribution in [0.5, 0.6) is 5.75 Å². The summed E-state index contributed by atoms with van der Waals surface area (Å²) < 4.78 is 11.7. The molecule has 0 aliphatic carbocycles. The lowest BCUT2D eigenvalue weighted by Crippen LogP contribution is -2.24. The second-order valence-corrected chi connectivity index (χ2v) is 5.51. The summed E-state index contributed by atoms with van der Waals surface area (Å²) >= 11 is 3.50. The predicted molar refractivity (Wildman–Crippen MR) is 79.7 cm³/mol. The summed E-state index contributed by atoms with van der Waals surface area (Å²) in [5, 5.41) is 6.19. The summed E-state index contributed by atoms with van der Waals surface area (Å²) in [6.07, 6.45) is 0.370. The van der Waals surface area contributed by atoms with E-state index in [1.807, 2.05) is 12.1 Å². The highest BCUT2D eigenvalue weighted by atomic mass is 79.9. The maximum Gasteiger partial charge on any atom is 0.222 e. The molecular weight excluding hydrogens is 324 g/mol. The predicted octanol–water partition coefficient (Wildman–Crippen LogP) is 1.58. The fourth-order valence-electron chi connectivity index (χ4n) is 2.09.